The van der Waals surface area contributed by atoms with Crippen LogP contribution >= 0.6 is 24.0 Å². The number of guanidine groups is 1. The molecule has 23 heavy (non-hydrogen) atoms. The molecule has 132 valence electrons. The third kappa shape index (κ3) is 6.31. The Balaban J connectivity index is 0.00000264. The van der Waals surface area contributed by atoms with Crippen LogP contribution in [0.15, 0.2) is 11.2 Å². The number of nitrogens with one attached hydrogen (secondary N) is 1. The molecule has 6 heteroatoms. The van der Waals surface area contributed by atoms with Gasteiger partial charge in [0.05, 0.1) is 5.69 Å². The van der Waals surface area contributed by atoms with E-state index in [2.05, 4.69) is 47.4 Å². The fourth-order valence-corrected chi connectivity index (χ4v) is 2.88. The predicted octanol–water partition coefficient (Wildman–Crippen LogP) is 3.36. The summed E-state index contributed by atoms with van der Waals surface area (Å²) in [5.74, 6) is 2.41. The first-order valence-electron chi connectivity index (χ1n) is 8.45. The highest BCUT2D eigenvalue weighted by Gasteiger charge is 2.20. The molecule has 1 saturated carbocycles. The van der Waals surface area contributed by atoms with Crippen molar-refractivity contribution in [1.82, 2.24) is 20.0 Å². The number of nitrogens with zero attached hydrogens (tertiary/aromatic N) is 4. The minimum Gasteiger partial charge on any atom is -0.356 e. The summed E-state index contributed by atoms with van der Waals surface area (Å²) in [5.41, 5.74) is 2.46. The Hall–Kier alpha value is -0.790. The van der Waals surface area contributed by atoms with Gasteiger partial charge in [0.2, 0.25) is 0 Å². The van der Waals surface area contributed by atoms with Gasteiger partial charge in [-0.25, -0.2) is 0 Å². The van der Waals surface area contributed by atoms with Crippen LogP contribution < -0.4 is 5.32 Å². The molecule has 1 aromatic heterocycles. The molecule has 0 bridgehead atoms. The van der Waals surface area contributed by atoms with E-state index in [4.69, 9.17) is 0 Å². The standard InChI is InChI=1S/C17H31N5.HI/c1-13(2)16-15(12-22(5)20-16)11-21(4)17(18-3)19-10-6-7-14-8-9-14;/h12-14H,6-11H2,1-5H3,(H,18,19);1H. The molecule has 1 heterocycles. The Kier molecular flexibility index (Phi) is 8.36. The van der Waals surface area contributed by atoms with E-state index < -0.39 is 0 Å². The molecule has 0 aromatic carbocycles. The largest absolute Gasteiger partial charge is 0.356 e. The van der Waals surface area contributed by atoms with E-state index in [9.17, 15) is 0 Å². The molecule has 1 aromatic rings. The van der Waals surface area contributed by atoms with Gasteiger partial charge in [0.15, 0.2) is 5.96 Å². The predicted molar refractivity (Wildman–Crippen MR) is 107 cm³/mol. The van der Waals surface area contributed by atoms with Crippen molar-refractivity contribution < 1.29 is 0 Å². The van der Waals surface area contributed by atoms with Crippen LogP contribution in [-0.4, -0.2) is 41.3 Å². The molecule has 5 nitrogen and oxygen atoms in total. The molecule has 1 fully saturated rings. The van der Waals surface area contributed by atoms with Crippen molar-refractivity contribution >= 4 is 29.9 Å². The number of aliphatic imine (C=N–C) groups is 1. The number of halogens is 1. The molecule has 0 aliphatic heterocycles. The fourth-order valence-electron chi connectivity index (χ4n) is 2.88. The van der Waals surface area contributed by atoms with Crippen molar-refractivity contribution in [3.8, 4) is 0 Å². The Labute approximate surface area is 157 Å². The summed E-state index contributed by atoms with van der Waals surface area (Å²) in [6, 6.07) is 0. The van der Waals surface area contributed by atoms with Crippen molar-refractivity contribution in [2.75, 3.05) is 20.6 Å². The van der Waals surface area contributed by atoms with E-state index in [1.165, 1.54) is 36.9 Å². The number of aromatic nitrogens is 2. The summed E-state index contributed by atoms with van der Waals surface area (Å²) in [6.07, 6.45) is 7.59. The zero-order chi connectivity index (χ0) is 16.1. The molecular weight excluding hydrogens is 401 g/mol. The average Bonchev–Trinajstić information content (AvgIpc) is 3.21. The minimum atomic E-state index is 0. The van der Waals surface area contributed by atoms with Gasteiger partial charge in [-0.2, -0.15) is 5.10 Å². The van der Waals surface area contributed by atoms with Crippen LogP contribution in [0.3, 0.4) is 0 Å². The maximum atomic E-state index is 4.58. The highest BCUT2D eigenvalue weighted by molar-refractivity contribution is 14.0. The van der Waals surface area contributed by atoms with Crippen LogP contribution in [-0.2, 0) is 13.6 Å². The van der Waals surface area contributed by atoms with Gasteiger partial charge in [0.25, 0.3) is 0 Å². The van der Waals surface area contributed by atoms with E-state index in [1.54, 1.807) is 0 Å². The van der Waals surface area contributed by atoms with Crippen molar-refractivity contribution in [3.05, 3.63) is 17.5 Å². The van der Waals surface area contributed by atoms with Gasteiger partial charge in [-0.05, 0) is 24.7 Å². The second-order valence-electron chi connectivity index (χ2n) is 6.78. The Morgan fingerprint density at radius 3 is 2.74 bits per heavy atom. The monoisotopic (exact) mass is 433 g/mol. The van der Waals surface area contributed by atoms with Gasteiger partial charge >= 0.3 is 0 Å². The second-order valence-corrected chi connectivity index (χ2v) is 6.78. The molecule has 1 aliphatic carbocycles. The van der Waals surface area contributed by atoms with Crippen molar-refractivity contribution in [2.24, 2.45) is 18.0 Å². The molecular formula is C17H32IN5. The van der Waals surface area contributed by atoms with Crippen LogP contribution in [0.5, 0.6) is 0 Å². The van der Waals surface area contributed by atoms with Gasteiger partial charge in [-0.1, -0.05) is 26.7 Å². The second kappa shape index (κ2) is 9.49. The van der Waals surface area contributed by atoms with Crippen LogP contribution in [0.25, 0.3) is 0 Å². The Bertz CT molecular complexity index is 505. The first-order valence-corrected chi connectivity index (χ1v) is 8.45. The number of aryl methyl sites for hydroxylation is 1. The summed E-state index contributed by atoms with van der Waals surface area (Å²) >= 11 is 0. The number of hydrogen-bond acceptors (Lipinski definition) is 2. The molecule has 1 N–H and O–H groups in total. The first-order chi connectivity index (χ1) is 10.5. The van der Waals surface area contributed by atoms with Gasteiger partial charge in [-0.3, -0.25) is 9.67 Å². The summed E-state index contributed by atoms with van der Waals surface area (Å²) in [7, 11) is 5.93. The third-order valence-electron chi connectivity index (χ3n) is 4.23. The molecule has 2 rings (SSSR count). The van der Waals surface area contributed by atoms with E-state index in [-0.39, 0.29) is 24.0 Å². The zero-order valence-corrected chi connectivity index (χ0v) is 17.5. The Morgan fingerprint density at radius 1 is 1.48 bits per heavy atom. The molecule has 0 radical (unpaired) electrons. The molecule has 0 saturated heterocycles. The van der Waals surface area contributed by atoms with Crippen LogP contribution in [0.2, 0.25) is 0 Å². The lowest BCUT2D eigenvalue weighted by Crippen LogP contribution is -2.39. The molecule has 1 aliphatic rings. The Morgan fingerprint density at radius 2 is 2.17 bits per heavy atom. The highest BCUT2D eigenvalue weighted by atomic mass is 127. The normalized spacial score (nSPS) is 14.8. The van der Waals surface area contributed by atoms with Crippen molar-refractivity contribution in [3.63, 3.8) is 0 Å². The number of rotatable bonds is 7. The van der Waals surface area contributed by atoms with Crippen molar-refractivity contribution in [1.29, 1.82) is 0 Å². The summed E-state index contributed by atoms with van der Waals surface area (Å²) in [5, 5.41) is 8.06. The number of hydrogen-bond donors (Lipinski definition) is 1. The molecule has 0 atom stereocenters. The summed E-state index contributed by atoms with van der Waals surface area (Å²) < 4.78 is 1.91. The fraction of sp³-hybridized carbons (Fsp3) is 0.765. The van der Waals surface area contributed by atoms with E-state index in [0.717, 1.165) is 25.0 Å². The summed E-state index contributed by atoms with van der Waals surface area (Å²) in [6.45, 7) is 6.23. The highest BCUT2D eigenvalue weighted by Crippen LogP contribution is 2.33. The van der Waals surface area contributed by atoms with E-state index >= 15 is 0 Å². The van der Waals surface area contributed by atoms with Crippen LogP contribution in [0.4, 0.5) is 0 Å². The smallest absolute Gasteiger partial charge is 0.193 e. The SMILES string of the molecule is CN=C(NCCCC1CC1)N(C)Cc1cn(C)nc1C(C)C.I. The van der Waals surface area contributed by atoms with Gasteiger partial charge in [-0.15, -0.1) is 24.0 Å². The minimum absolute atomic E-state index is 0. The van der Waals surface area contributed by atoms with Crippen LogP contribution in [0.1, 0.15) is 56.7 Å². The lowest BCUT2D eigenvalue weighted by Gasteiger charge is -2.22. The lowest BCUT2D eigenvalue weighted by atomic mass is 10.1. The van der Waals surface area contributed by atoms with Gasteiger partial charge in [0.1, 0.15) is 0 Å². The van der Waals surface area contributed by atoms with Gasteiger partial charge < -0.3 is 10.2 Å². The van der Waals surface area contributed by atoms with E-state index in [0.29, 0.717) is 5.92 Å². The van der Waals surface area contributed by atoms with E-state index in [1.807, 2.05) is 18.8 Å². The first kappa shape index (κ1) is 20.3. The van der Waals surface area contributed by atoms with Crippen LogP contribution in [0, 0.1) is 5.92 Å². The average molecular weight is 433 g/mol. The quantitative estimate of drug-likeness (QED) is 0.311. The maximum Gasteiger partial charge on any atom is 0.193 e. The van der Waals surface area contributed by atoms with Gasteiger partial charge in [0, 0.05) is 46.0 Å². The zero-order valence-electron chi connectivity index (χ0n) is 15.2. The molecule has 0 spiro atoms. The summed E-state index contributed by atoms with van der Waals surface area (Å²) in [4.78, 5) is 6.58. The maximum absolute atomic E-state index is 4.58. The topological polar surface area (TPSA) is 45.5 Å². The third-order valence-corrected chi connectivity index (χ3v) is 4.23. The van der Waals surface area contributed by atoms with Crippen molar-refractivity contribution in [2.45, 2.75) is 52.0 Å². The molecule has 0 amide bonds. The molecule has 0 unspecified atom stereocenters. The lowest BCUT2D eigenvalue weighted by molar-refractivity contribution is 0.470.